The molecule has 5 nitrogen and oxygen atoms in total. The topological polar surface area (TPSA) is 96.0 Å². The molecule has 0 saturated heterocycles. The smallest absolute Gasteiger partial charge is 0.263 e. The highest BCUT2D eigenvalue weighted by Gasteiger charge is 2.19. The molecule has 0 bridgehead atoms. The van der Waals surface area contributed by atoms with Gasteiger partial charge in [-0.15, -0.1) is 11.3 Å². The quantitative estimate of drug-likeness (QED) is 0.825. The first-order valence-corrected chi connectivity index (χ1v) is 8.15. The van der Waals surface area contributed by atoms with Crippen molar-refractivity contribution in [1.29, 1.82) is 5.26 Å². The first kappa shape index (κ1) is 13.9. The highest BCUT2D eigenvalue weighted by atomic mass is 79.9. The standard InChI is InChI=1S/C11H8BrN3O2S2/c12-9-5-8(14)1-2-10(9)19(16,17)15-11-7(6-13)3-4-18-11/h1-5,15H,14H2. The lowest BCUT2D eigenvalue weighted by Crippen LogP contribution is -2.13. The predicted octanol–water partition coefficient (Wildman–Crippen LogP) is 2.77. The SMILES string of the molecule is N#Cc1ccsc1NS(=O)(=O)c1ccc(N)cc1Br. The third-order valence-corrected chi connectivity index (χ3v) is 5.54. The molecule has 2 aromatic rings. The van der Waals surface area contributed by atoms with Crippen molar-refractivity contribution in [3.05, 3.63) is 39.7 Å². The van der Waals surface area contributed by atoms with Gasteiger partial charge in [0.2, 0.25) is 0 Å². The van der Waals surface area contributed by atoms with Gasteiger partial charge in [-0.2, -0.15) is 5.26 Å². The van der Waals surface area contributed by atoms with Crippen LogP contribution in [0, 0.1) is 11.3 Å². The predicted molar refractivity (Wildman–Crippen MR) is 78.4 cm³/mol. The molecule has 19 heavy (non-hydrogen) atoms. The van der Waals surface area contributed by atoms with Crippen molar-refractivity contribution in [3.8, 4) is 6.07 Å². The van der Waals surface area contributed by atoms with E-state index in [1.54, 1.807) is 11.4 Å². The number of sulfonamides is 1. The number of rotatable bonds is 3. The number of nitrogens with zero attached hydrogens (tertiary/aromatic N) is 1. The van der Waals surface area contributed by atoms with E-state index < -0.39 is 10.0 Å². The average molecular weight is 358 g/mol. The zero-order chi connectivity index (χ0) is 14.0. The summed E-state index contributed by atoms with van der Waals surface area (Å²) in [6.07, 6.45) is 0. The van der Waals surface area contributed by atoms with E-state index in [0.29, 0.717) is 20.7 Å². The van der Waals surface area contributed by atoms with Gasteiger partial charge >= 0.3 is 0 Å². The van der Waals surface area contributed by atoms with Crippen LogP contribution in [0.3, 0.4) is 0 Å². The Morgan fingerprint density at radius 3 is 2.74 bits per heavy atom. The Labute approximate surface area is 122 Å². The molecule has 3 N–H and O–H groups in total. The second-order valence-electron chi connectivity index (χ2n) is 3.57. The van der Waals surface area contributed by atoms with Crippen LogP contribution in [0.5, 0.6) is 0 Å². The van der Waals surface area contributed by atoms with Crippen molar-refractivity contribution >= 4 is 48.0 Å². The molecule has 0 atom stereocenters. The molecule has 0 aliphatic rings. The number of halogens is 1. The van der Waals surface area contributed by atoms with Crippen LogP contribution in [0.2, 0.25) is 0 Å². The molecule has 0 spiro atoms. The van der Waals surface area contributed by atoms with E-state index in [1.165, 1.54) is 18.2 Å². The lowest BCUT2D eigenvalue weighted by Gasteiger charge is -2.08. The number of hydrogen-bond acceptors (Lipinski definition) is 5. The van der Waals surface area contributed by atoms with Crippen LogP contribution in [0.4, 0.5) is 10.7 Å². The Bertz CT molecular complexity index is 762. The summed E-state index contributed by atoms with van der Waals surface area (Å²) in [5, 5.41) is 10.8. The molecule has 0 fully saturated rings. The number of thiophene rings is 1. The largest absolute Gasteiger partial charge is 0.399 e. The molecule has 0 radical (unpaired) electrons. The minimum atomic E-state index is -3.76. The number of hydrogen-bond donors (Lipinski definition) is 2. The van der Waals surface area contributed by atoms with E-state index in [2.05, 4.69) is 20.7 Å². The molecule has 1 heterocycles. The summed E-state index contributed by atoms with van der Waals surface area (Å²) < 4.78 is 27.2. The molecule has 0 saturated carbocycles. The zero-order valence-electron chi connectivity index (χ0n) is 9.42. The van der Waals surface area contributed by atoms with E-state index in [-0.39, 0.29) is 4.90 Å². The number of benzene rings is 1. The van der Waals surface area contributed by atoms with Gasteiger partial charge in [0.1, 0.15) is 16.0 Å². The van der Waals surface area contributed by atoms with Gasteiger partial charge in [0.15, 0.2) is 0 Å². The Hall–Kier alpha value is -1.56. The van der Waals surface area contributed by atoms with Gasteiger partial charge in [0.25, 0.3) is 10.0 Å². The molecule has 0 unspecified atom stereocenters. The lowest BCUT2D eigenvalue weighted by atomic mass is 10.3. The number of nitrogens with one attached hydrogen (secondary N) is 1. The van der Waals surface area contributed by atoms with Crippen molar-refractivity contribution in [3.63, 3.8) is 0 Å². The molecule has 0 aliphatic heterocycles. The monoisotopic (exact) mass is 357 g/mol. The van der Waals surface area contributed by atoms with Crippen LogP contribution in [0.25, 0.3) is 0 Å². The van der Waals surface area contributed by atoms with Gasteiger partial charge in [0, 0.05) is 10.2 Å². The summed E-state index contributed by atoms with van der Waals surface area (Å²) in [5.41, 5.74) is 6.32. The van der Waals surface area contributed by atoms with Crippen molar-refractivity contribution in [1.82, 2.24) is 0 Å². The molecule has 2 rings (SSSR count). The fraction of sp³-hybridized carbons (Fsp3) is 0. The van der Waals surface area contributed by atoms with E-state index in [1.807, 2.05) is 6.07 Å². The molecule has 1 aromatic carbocycles. The van der Waals surface area contributed by atoms with Gasteiger partial charge < -0.3 is 5.73 Å². The Morgan fingerprint density at radius 2 is 2.11 bits per heavy atom. The molecule has 98 valence electrons. The molecule has 8 heteroatoms. The molecule has 1 aromatic heterocycles. The number of anilines is 2. The summed E-state index contributed by atoms with van der Waals surface area (Å²) in [4.78, 5) is 0.0685. The second kappa shape index (κ2) is 5.21. The number of nitrogen functional groups attached to an aromatic ring is 1. The van der Waals surface area contributed by atoms with E-state index >= 15 is 0 Å². The van der Waals surface area contributed by atoms with E-state index in [9.17, 15) is 8.42 Å². The summed E-state index contributed by atoms with van der Waals surface area (Å²) in [6, 6.07) is 7.89. The summed E-state index contributed by atoms with van der Waals surface area (Å²) >= 11 is 4.31. The normalized spacial score (nSPS) is 10.9. The van der Waals surface area contributed by atoms with Crippen LogP contribution in [-0.4, -0.2) is 8.42 Å². The molecule has 0 aliphatic carbocycles. The number of nitriles is 1. The van der Waals surface area contributed by atoms with Crippen LogP contribution >= 0.6 is 27.3 Å². The fourth-order valence-electron chi connectivity index (χ4n) is 1.39. The second-order valence-corrected chi connectivity index (χ2v) is 6.99. The molecular formula is C11H8BrN3O2S2. The van der Waals surface area contributed by atoms with Crippen LogP contribution in [0.1, 0.15) is 5.56 Å². The van der Waals surface area contributed by atoms with Crippen molar-refractivity contribution in [2.24, 2.45) is 0 Å². The Balaban J connectivity index is 2.41. The lowest BCUT2D eigenvalue weighted by molar-refractivity contribution is 0.601. The molecular weight excluding hydrogens is 350 g/mol. The van der Waals surface area contributed by atoms with E-state index in [4.69, 9.17) is 11.0 Å². The Morgan fingerprint density at radius 1 is 1.37 bits per heavy atom. The van der Waals surface area contributed by atoms with Crippen molar-refractivity contribution in [2.45, 2.75) is 4.90 Å². The fourth-order valence-corrected chi connectivity index (χ4v) is 4.55. The maximum atomic E-state index is 12.2. The third kappa shape index (κ3) is 2.89. The highest BCUT2D eigenvalue weighted by molar-refractivity contribution is 9.10. The van der Waals surface area contributed by atoms with Gasteiger partial charge in [-0.25, -0.2) is 8.42 Å². The van der Waals surface area contributed by atoms with E-state index in [0.717, 1.165) is 11.3 Å². The van der Waals surface area contributed by atoms with Crippen molar-refractivity contribution < 1.29 is 8.42 Å². The minimum Gasteiger partial charge on any atom is -0.399 e. The van der Waals surface area contributed by atoms with Crippen LogP contribution in [0.15, 0.2) is 39.0 Å². The number of nitrogens with two attached hydrogens (primary N) is 1. The third-order valence-electron chi connectivity index (χ3n) is 2.26. The highest BCUT2D eigenvalue weighted by Crippen LogP contribution is 2.29. The Kier molecular flexibility index (Phi) is 3.80. The maximum Gasteiger partial charge on any atom is 0.263 e. The zero-order valence-corrected chi connectivity index (χ0v) is 12.6. The van der Waals surface area contributed by atoms with Gasteiger partial charge in [-0.1, -0.05) is 0 Å². The maximum absolute atomic E-state index is 12.2. The first-order valence-electron chi connectivity index (χ1n) is 4.99. The van der Waals surface area contributed by atoms with Gasteiger partial charge in [-0.05, 0) is 45.6 Å². The first-order chi connectivity index (χ1) is 8.94. The van der Waals surface area contributed by atoms with Gasteiger partial charge in [-0.3, -0.25) is 4.72 Å². The van der Waals surface area contributed by atoms with Crippen LogP contribution in [-0.2, 0) is 10.0 Å². The minimum absolute atomic E-state index is 0.0685. The summed E-state index contributed by atoms with van der Waals surface area (Å²) in [7, 11) is -3.76. The average Bonchev–Trinajstić information content (AvgIpc) is 2.74. The van der Waals surface area contributed by atoms with Crippen LogP contribution < -0.4 is 10.5 Å². The summed E-state index contributed by atoms with van der Waals surface area (Å²) in [6.45, 7) is 0. The molecule has 0 amide bonds. The van der Waals surface area contributed by atoms with Crippen molar-refractivity contribution in [2.75, 3.05) is 10.5 Å². The summed E-state index contributed by atoms with van der Waals surface area (Å²) in [5.74, 6) is 0. The van der Waals surface area contributed by atoms with Gasteiger partial charge in [0.05, 0.1) is 5.56 Å².